The Balaban J connectivity index is 2.40. The fourth-order valence-corrected chi connectivity index (χ4v) is 4.11. The van der Waals surface area contributed by atoms with Crippen molar-refractivity contribution in [2.45, 2.75) is 52.9 Å². The van der Waals surface area contributed by atoms with E-state index >= 15 is 0 Å². The molecule has 1 nitrogen and oxygen atoms in total. The van der Waals surface area contributed by atoms with Crippen LogP contribution in [0.15, 0.2) is 36.4 Å². The highest BCUT2D eigenvalue weighted by molar-refractivity contribution is 6.35. The fraction of sp³-hybridized carbons (Fsp3) is 0.455. The second-order valence-electron chi connectivity index (χ2n) is 8.56. The Bertz CT molecular complexity index is 742. The monoisotopic (exact) mass is 378 g/mol. The van der Waals surface area contributed by atoms with Crippen molar-refractivity contribution in [2.75, 3.05) is 7.11 Å². The van der Waals surface area contributed by atoms with Crippen LogP contribution in [0.1, 0.15) is 57.7 Å². The van der Waals surface area contributed by atoms with Crippen LogP contribution in [-0.2, 0) is 11.8 Å². The van der Waals surface area contributed by atoms with Crippen LogP contribution in [0.2, 0.25) is 10.0 Å². The van der Waals surface area contributed by atoms with Gasteiger partial charge in [-0.25, -0.2) is 0 Å². The van der Waals surface area contributed by atoms with E-state index in [9.17, 15) is 0 Å². The summed E-state index contributed by atoms with van der Waals surface area (Å²) < 4.78 is 5.58. The molecule has 0 saturated heterocycles. The smallest absolute Gasteiger partial charge is 0.122 e. The van der Waals surface area contributed by atoms with Crippen LogP contribution >= 0.6 is 23.2 Å². The summed E-state index contributed by atoms with van der Waals surface area (Å²) in [4.78, 5) is 0. The van der Waals surface area contributed by atoms with Crippen LogP contribution < -0.4 is 4.74 Å². The Labute approximate surface area is 162 Å². The maximum absolute atomic E-state index is 6.37. The van der Waals surface area contributed by atoms with Gasteiger partial charge < -0.3 is 4.74 Å². The van der Waals surface area contributed by atoms with Crippen molar-refractivity contribution in [3.63, 3.8) is 0 Å². The van der Waals surface area contributed by atoms with Gasteiger partial charge in [0, 0.05) is 16.5 Å². The minimum atomic E-state index is 0.0864. The standard InChI is InChI=1S/C22H28Cl2O/c1-21(2,3)14-22(4,5)17-8-10-20(25-6)16(12-17)11-15-7-9-18(23)13-19(15)24/h7-10,12-13H,11,14H2,1-6H3. The van der Waals surface area contributed by atoms with E-state index in [-0.39, 0.29) is 10.8 Å². The van der Waals surface area contributed by atoms with Crippen LogP contribution in [0.25, 0.3) is 0 Å². The summed E-state index contributed by atoms with van der Waals surface area (Å²) in [6, 6.07) is 12.2. The lowest BCUT2D eigenvalue weighted by molar-refractivity contribution is 0.284. The van der Waals surface area contributed by atoms with E-state index < -0.39 is 0 Å². The van der Waals surface area contributed by atoms with Crippen molar-refractivity contribution in [3.05, 3.63) is 63.1 Å². The Morgan fingerprint density at radius 3 is 2.12 bits per heavy atom. The predicted octanol–water partition coefficient (Wildman–Crippen LogP) is 7.31. The first kappa shape index (κ1) is 20.1. The van der Waals surface area contributed by atoms with Gasteiger partial charge in [-0.1, -0.05) is 76.0 Å². The average Bonchev–Trinajstić information content (AvgIpc) is 2.47. The summed E-state index contributed by atoms with van der Waals surface area (Å²) in [7, 11) is 1.71. The lowest BCUT2D eigenvalue weighted by Crippen LogP contribution is -2.25. The van der Waals surface area contributed by atoms with Gasteiger partial charge in [-0.2, -0.15) is 0 Å². The molecule has 0 aliphatic heterocycles. The van der Waals surface area contributed by atoms with Crippen LogP contribution in [0.3, 0.4) is 0 Å². The maximum atomic E-state index is 6.37. The van der Waals surface area contributed by atoms with E-state index in [1.54, 1.807) is 13.2 Å². The molecular formula is C22H28Cl2O. The lowest BCUT2D eigenvalue weighted by Gasteiger charge is -2.33. The van der Waals surface area contributed by atoms with Crippen LogP contribution in [-0.4, -0.2) is 7.11 Å². The van der Waals surface area contributed by atoms with Gasteiger partial charge in [0.15, 0.2) is 0 Å². The zero-order valence-corrected chi connectivity index (χ0v) is 17.6. The van der Waals surface area contributed by atoms with Crippen molar-refractivity contribution in [1.82, 2.24) is 0 Å². The lowest BCUT2D eigenvalue weighted by atomic mass is 9.72. The molecule has 2 rings (SSSR count). The molecule has 0 saturated carbocycles. The molecule has 136 valence electrons. The molecule has 0 atom stereocenters. The Hall–Kier alpha value is -1.18. The van der Waals surface area contributed by atoms with Crippen molar-refractivity contribution >= 4 is 23.2 Å². The molecular weight excluding hydrogens is 351 g/mol. The third-order valence-electron chi connectivity index (χ3n) is 4.43. The number of methoxy groups -OCH3 is 1. The summed E-state index contributed by atoms with van der Waals surface area (Å²) in [5.41, 5.74) is 3.87. The van der Waals surface area contributed by atoms with E-state index in [4.69, 9.17) is 27.9 Å². The minimum Gasteiger partial charge on any atom is -0.496 e. The Morgan fingerprint density at radius 1 is 0.880 bits per heavy atom. The highest BCUT2D eigenvalue weighted by Crippen LogP contribution is 2.38. The molecule has 0 fully saturated rings. The summed E-state index contributed by atoms with van der Waals surface area (Å²) in [5.74, 6) is 0.890. The molecule has 0 aliphatic carbocycles. The molecule has 0 amide bonds. The molecule has 0 spiro atoms. The zero-order chi connectivity index (χ0) is 18.8. The fourth-order valence-electron chi connectivity index (χ4n) is 3.64. The van der Waals surface area contributed by atoms with E-state index in [0.29, 0.717) is 10.0 Å². The molecule has 25 heavy (non-hydrogen) atoms. The summed E-state index contributed by atoms with van der Waals surface area (Å²) in [6.45, 7) is 11.5. The van der Waals surface area contributed by atoms with Gasteiger partial charge in [0.05, 0.1) is 7.11 Å². The average molecular weight is 379 g/mol. The van der Waals surface area contributed by atoms with Crippen molar-refractivity contribution in [3.8, 4) is 5.75 Å². The first-order chi connectivity index (χ1) is 11.5. The summed E-state index contributed by atoms with van der Waals surface area (Å²) in [6.07, 6.45) is 1.83. The Kier molecular flexibility index (Phi) is 6.12. The molecule has 0 bridgehead atoms. The third-order valence-corrected chi connectivity index (χ3v) is 5.02. The molecule has 0 heterocycles. The molecule has 0 aromatic heterocycles. The zero-order valence-electron chi connectivity index (χ0n) is 16.0. The van der Waals surface area contributed by atoms with Crippen molar-refractivity contribution < 1.29 is 4.74 Å². The predicted molar refractivity (Wildman–Crippen MR) is 109 cm³/mol. The SMILES string of the molecule is COc1ccc(C(C)(C)CC(C)(C)C)cc1Cc1ccc(Cl)cc1Cl. The van der Waals surface area contributed by atoms with Gasteiger partial charge in [-0.15, -0.1) is 0 Å². The van der Waals surface area contributed by atoms with Crippen LogP contribution in [0.5, 0.6) is 5.75 Å². The molecule has 2 aromatic carbocycles. The topological polar surface area (TPSA) is 9.23 Å². The normalized spacial score (nSPS) is 12.3. The minimum absolute atomic E-state index is 0.0864. The van der Waals surface area contributed by atoms with Crippen LogP contribution in [0.4, 0.5) is 0 Å². The van der Waals surface area contributed by atoms with Crippen molar-refractivity contribution in [2.24, 2.45) is 5.41 Å². The van der Waals surface area contributed by atoms with E-state index in [0.717, 1.165) is 29.7 Å². The third kappa shape index (κ3) is 5.39. The highest BCUT2D eigenvalue weighted by atomic mass is 35.5. The first-order valence-corrected chi connectivity index (χ1v) is 9.39. The number of halogens is 2. The van der Waals surface area contributed by atoms with Crippen LogP contribution in [0, 0.1) is 5.41 Å². The van der Waals surface area contributed by atoms with Gasteiger partial charge in [0.2, 0.25) is 0 Å². The molecule has 0 unspecified atom stereocenters. The van der Waals surface area contributed by atoms with Gasteiger partial charge in [0.1, 0.15) is 5.75 Å². The van der Waals surface area contributed by atoms with Gasteiger partial charge in [-0.05, 0) is 52.1 Å². The quantitative estimate of drug-likeness (QED) is 0.529. The number of benzene rings is 2. The molecule has 0 N–H and O–H groups in total. The number of hydrogen-bond acceptors (Lipinski definition) is 1. The van der Waals surface area contributed by atoms with Gasteiger partial charge in [-0.3, -0.25) is 0 Å². The highest BCUT2D eigenvalue weighted by Gasteiger charge is 2.28. The van der Waals surface area contributed by atoms with Gasteiger partial charge in [0.25, 0.3) is 0 Å². The number of hydrogen-bond donors (Lipinski definition) is 0. The molecule has 0 radical (unpaired) electrons. The first-order valence-electron chi connectivity index (χ1n) is 8.63. The second kappa shape index (κ2) is 7.60. The largest absolute Gasteiger partial charge is 0.496 e. The second-order valence-corrected chi connectivity index (χ2v) is 9.40. The summed E-state index contributed by atoms with van der Waals surface area (Å²) >= 11 is 12.4. The molecule has 2 aromatic rings. The summed E-state index contributed by atoms with van der Waals surface area (Å²) in [5, 5.41) is 1.34. The molecule has 3 heteroatoms. The maximum Gasteiger partial charge on any atom is 0.122 e. The van der Waals surface area contributed by atoms with E-state index in [1.807, 2.05) is 12.1 Å². The van der Waals surface area contributed by atoms with E-state index in [2.05, 4.69) is 52.8 Å². The molecule has 0 aliphatic rings. The van der Waals surface area contributed by atoms with E-state index in [1.165, 1.54) is 5.56 Å². The van der Waals surface area contributed by atoms with Crippen molar-refractivity contribution in [1.29, 1.82) is 0 Å². The Morgan fingerprint density at radius 2 is 1.56 bits per heavy atom. The number of rotatable bonds is 5. The number of ether oxygens (including phenoxy) is 1. The van der Waals surface area contributed by atoms with Gasteiger partial charge >= 0.3 is 0 Å².